The fraction of sp³-hybridized carbons (Fsp3) is 0.409. The second kappa shape index (κ2) is 9.57. The van der Waals surface area contributed by atoms with Crippen LogP contribution in [0.1, 0.15) is 11.1 Å². The number of carbonyl (C=O) groups excluding carboxylic acids is 1. The van der Waals surface area contributed by atoms with Gasteiger partial charge in [0, 0.05) is 38.4 Å². The number of aryl methyl sites for hydroxylation is 1. The van der Waals surface area contributed by atoms with Crippen molar-refractivity contribution in [3.05, 3.63) is 53.6 Å². The Bertz CT molecular complexity index is 787. The zero-order valence-electron chi connectivity index (χ0n) is 16.9. The highest BCUT2D eigenvalue weighted by Crippen LogP contribution is 2.30. The van der Waals surface area contributed by atoms with E-state index in [0.29, 0.717) is 6.54 Å². The third-order valence-corrected chi connectivity index (χ3v) is 5.13. The van der Waals surface area contributed by atoms with Crippen LogP contribution in [0, 0.1) is 6.92 Å². The van der Waals surface area contributed by atoms with Crippen LogP contribution in [-0.4, -0.2) is 62.7 Å². The first-order chi connectivity index (χ1) is 13.6. The van der Waals surface area contributed by atoms with Crippen molar-refractivity contribution in [2.24, 2.45) is 0 Å². The van der Waals surface area contributed by atoms with Gasteiger partial charge in [-0.2, -0.15) is 0 Å². The van der Waals surface area contributed by atoms with E-state index in [2.05, 4.69) is 28.1 Å². The van der Waals surface area contributed by atoms with Gasteiger partial charge in [0.1, 0.15) is 0 Å². The number of ether oxygens (including phenoxy) is 2. The molecule has 1 amide bonds. The largest absolute Gasteiger partial charge is 0.493 e. The monoisotopic (exact) mass is 383 g/mol. The Balaban J connectivity index is 1.50. The molecule has 150 valence electrons. The number of nitrogens with one attached hydrogen (secondary N) is 1. The van der Waals surface area contributed by atoms with Gasteiger partial charge in [-0.25, -0.2) is 0 Å². The summed E-state index contributed by atoms with van der Waals surface area (Å²) in [7, 11) is 3.32. The molecule has 2 aromatic carbocycles. The number of methoxy groups -OCH3 is 2. The fourth-order valence-corrected chi connectivity index (χ4v) is 3.46. The maximum absolute atomic E-state index is 12.2. The molecule has 0 unspecified atom stereocenters. The summed E-state index contributed by atoms with van der Waals surface area (Å²) in [5, 5.41) is 2.95. The van der Waals surface area contributed by atoms with E-state index in [1.165, 1.54) is 11.1 Å². The van der Waals surface area contributed by atoms with Crippen molar-refractivity contribution in [3.8, 4) is 11.5 Å². The number of carbonyl (C=O) groups is 1. The normalized spacial score (nSPS) is 15.2. The van der Waals surface area contributed by atoms with E-state index in [-0.39, 0.29) is 5.91 Å². The van der Waals surface area contributed by atoms with Crippen molar-refractivity contribution in [3.63, 3.8) is 0 Å². The van der Waals surface area contributed by atoms with Gasteiger partial charge < -0.3 is 14.8 Å². The highest BCUT2D eigenvalue weighted by atomic mass is 16.5. The van der Waals surface area contributed by atoms with Crippen molar-refractivity contribution in [1.29, 1.82) is 0 Å². The highest BCUT2D eigenvalue weighted by molar-refractivity contribution is 5.92. The summed E-state index contributed by atoms with van der Waals surface area (Å²) in [5.41, 5.74) is 3.28. The zero-order valence-corrected chi connectivity index (χ0v) is 16.9. The van der Waals surface area contributed by atoms with Gasteiger partial charge in [0.2, 0.25) is 5.91 Å². The molecule has 3 rings (SSSR count). The average Bonchev–Trinajstić information content (AvgIpc) is 2.71. The van der Waals surface area contributed by atoms with Crippen LogP contribution >= 0.6 is 0 Å². The molecule has 0 bridgehead atoms. The first-order valence-corrected chi connectivity index (χ1v) is 9.60. The molecule has 2 aromatic rings. The molecule has 0 radical (unpaired) electrons. The van der Waals surface area contributed by atoms with Crippen LogP contribution in [0.3, 0.4) is 0 Å². The maximum Gasteiger partial charge on any atom is 0.238 e. The molecule has 0 aromatic heterocycles. The van der Waals surface area contributed by atoms with Crippen LogP contribution < -0.4 is 14.8 Å². The number of amides is 1. The first kappa shape index (κ1) is 20.2. The Morgan fingerprint density at radius 3 is 2.21 bits per heavy atom. The van der Waals surface area contributed by atoms with Gasteiger partial charge >= 0.3 is 0 Å². The molecule has 0 saturated carbocycles. The minimum Gasteiger partial charge on any atom is -0.493 e. The third-order valence-electron chi connectivity index (χ3n) is 5.13. The molecule has 1 fully saturated rings. The first-order valence-electron chi connectivity index (χ1n) is 9.60. The van der Waals surface area contributed by atoms with Gasteiger partial charge in [0.05, 0.1) is 20.8 Å². The van der Waals surface area contributed by atoms with Gasteiger partial charge in [-0.1, -0.05) is 18.2 Å². The van der Waals surface area contributed by atoms with Crippen molar-refractivity contribution >= 4 is 11.6 Å². The molecule has 1 N–H and O–H groups in total. The number of benzene rings is 2. The Hall–Kier alpha value is -2.57. The Morgan fingerprint density at radius 2 is 1.57 bits per heavy atom. The number of anilines is 1. The van der Waals surface area contributed by atoms with E-state index in [1.807, 2.05) is 36.4 Å². The molecule has 6 nitrogen and oxygen atoms in total. The summed E-state index contributed by atoms with van der Waals surface area (Å²) in [6.07, 6.45) is 0. The predicted molar refractivity (Wildman–Crippen MR) is 111 cm³/mol. The summed E-state index contributed by atoms with van der Waals surface area (Å²) < 4.78 is 10.8. The minimum atomic E-state index is 0.0374. The minimum absolute atomic E-state index is 0.0374. The van der Waals surface area contributed by atoms with Gasteiger partial charge in [0.25, 0.3) is 0 Å². The van der Waals surface area contributed by atoms with Crippen LogP contribution in [0.4, 0.5) is 5.69 Å². The number of nitrogens with zero attached hydrogens (tertiary/aromatic N) is 2. The highest BCUT2D eigenvalue weighted by Gasteiger charge is 2.20. The zero-order chi connectivity index (χ0) is 19.9. The number of hydrogen-bond acceptors (Lipinski definition) is 5. The van der Waals surface area contributed by atoms with Crippen LogP contribution in [-0.2, 0) is 11.3 Å². The molecule has 0 aliphatic carbocycles. The Morgan fingerprint density at radius 1 is 0.964 bits per heavy atom. The lowest BCUT2D eigenvalue weighted by Gasteiger charge is -2.34. The maximum atomic E-state index is 12.2. The summed E-state index contributed by atoms with van der Waals surface area (Å²) in [6.45, 7) is 7.04. The molecule has 28 heavy (non-hydrogen) atoms. The van der Waals surface area contributed by atoms with Crippen molar-refractivity contribution in [2.75, 3.05) is 52.3 Å². The number of hydrogen-bond donors (Lipinski definition) is 1. The van der Waals surface area contributed by atoms with E-state index in [1.54, 1.807) is 14.2 Å². The second-order valence-corrected chi connectivity index (χ2v) is 7.10. The van der Waals surface area contributed by atoms with E-state index in [0.717, 1.165) is 49.9 Å². The quantitative estimate of drug-likeness (QED) is 0.797. The smallest absolute Gasteiger partial charge is 0.238 e. The average molecular weight is 383 g/mol. The lowest BCUT2D eigenvalue weighted by molar-refractivity contribution is -0.117. The molecule has 0 atom stereocenters. The predicted octanol–water partition coefficient (Wildman–Crippen LogP) is 2.77. The molecule has 1 saturated heterocycles. The second-order valence-electron chi connectivity index (χ2n) is 7.10. The molecular weight excluding hydrogens is 354 g/mol. The van der Waals surface area contributed by atoms with Crippen LogP contribution in [0.5, 0.6) is 11.5 Å². The van der Waals surface area contributed by atoms with Crippen LogP contribution in [0.15, 0.2) is 42.5 Å². The molecule has 0 spiro atoms. The lowest BCUT2D eigenvalue weighted by atomic mass is 10.1. The molecule has 1 aliphatic rings. The van der Waals surface area contributed by atoms with Crippen molar-refractivity contribution in [1.82, 2.24) is 9.80 Å². The Labute approximate surface area is 167 Å². The molecule has 1 heterocycles. The summed E-state index contributed by atoms with van der Waals surface area (Å²) in [4.78, 5) is 16.9. The van der Waals surface area contributed by atoms with Crippen LogP contribution in [0.25, 0.3) is 0 Å². The van der Waals surface area contributed by atoms with Gasteiger partial charge in [0.15, 0.2) is 11.5 Å². The van der Waals surface area contributed by atoms with Gasteiger partial charge in [-0.05, 0) is 42.3 Å². The van der Waals surface area contributed by atoms with Crippen molar-refractivity contribution < 1.29 is 14.3 Å². The molecule has 6 heteroatoms. The molecule has 1 aliphatic heterocycles. The summed E-state index contributed by atoms with van der Waals surface area (Å²) in [5.74, 6) is 1.56. The number of rotatable bonds is 7. The van der Waals surface area contributed by atoms with E-state index in [9.17, 15) is 4.79 Å². The lowest BCUT2D eigenvalue weighted by Crippen LogP contribution is -2.48. The summed E-state index contributed by atoms with van der Waals surface area (Å²) in [6, 6.07) is 13.7. The van der Waals surface area contributed by atoms with E-state index < -0.39 is 0 Å². The summed E-state index contributed by atoms with van der Waals surface area (Å²) >= 11 is 0. The number of piperazine rings is 1. The van der Waals surface area contributed by atoms with Gasteiger partial charge in [-0.15, -0.1) is 0 Å². The SMILES string of the molecule is COc1cc(C)c(CN2CCN(CC(=O)Nc3ccccc3)CC2)cc1OC. The van der Waals surface area contributed by atoms with Crippen molar-refractivity contribution in [2.45, 2.75) is 13.5 Å². The fourth-order valence-electron chi connectivity index (χ4n) is 3.46. The van der Waals surface area contributed by atoms with Gasteiger partial charge in [-0.3, -0.25) is 14.6 Å². The van der Waals surface area contributed by atoms with E-state index >= 15 is 0 Å². The van der Waals surface area contributed by atoms with E-state index in [4.69, 9.17) is 9.47 Å². The topological polar surface area (TPSA) is 54.0 Å². The Kier molecular flexibility index (Phi) is 6.90. The third kappa shape index (κ3) is 5.24. The number of para-hydroxylation sites is 1. The van der Waals surface area contributed by atoms with Crippen LogP contribution in [0.2, 0.25) is 0 Å². The molecular formula is C22H29N3O3. The standard InChI is InChI=1S/C22H29N3O3/c1-17-13-20(27-2)21(28-3)14-18(17)15-24-9-11-25(12-10-24)16-22(26)23-19-7-5-4-6-8-19/h4-8,13-14H,9-12,15-16H2,1-3H3,(H,23,26).